The number of pyridine rings is 1. The van der Waals surface area contributed by atoms with E-state index in [9.17, 15) is 18.3 Å². The number of hydrogen-bond donors (Lipinski definition) is 3. The largest absolute Gasteiger partial charge is 0.508 e. The molecule has 0 aliphatic heterocycles. The molecular weight excluding hydrogens is 304 g/mol. The molecule has 0 radical (unpaired) electrons. The Morgan fingerprint density at radius 2 is 2.00 bits per heavy atom. The van der Waals surface area contributed by atoms with Gasteiger partial charge in [0.1, 0.15) is 15.7 Å². The third-order valence-electron chi connectivity index (χ3n) is 2.59. The predicted molar refractivity (Wildman–Crippen MR) is 75.7 cm³/mol. The Morgan fingerprint density at radius 1 is 1.30 bits per heavy atom. The van der Waals surface area contributed by atoms with Crippen LogP contribution in [0.5, 0.6) is 5.75 Å². The average molecular weight is 315 g/mol. The Kier molecular flexibility index (Phi) is 3.74. The number of phenols is 1. The number of aromatic hydroxyl groups is 1. The lowest BCUT2D eigenvalue weighted by Crippen LogP contribution is -2.16. The molecule has 0 aliphatic rings. The maximum Gasteiger partial charge on any atom is 0.266 e. The predicted octanol–water partition coefficient (Wildman–Crippen LogP) is 1.84. The second-order valence-corrected chi connectivity index (χ2v) is 6.21. The van der Waals surface area contributed by atoms with Gasteiger partial charge in [0, 0.05) is 11.9 Å². The molecule has 6 nitrogen and oxygen atoms in total. The molecule has 3 N–H and O–H groups in total. The molecule has 0 atom stereocenters. The minimum absolute atomic E-state index is 0.0695. The fourth-order valence-electron chi connectivity index (χ4n) is 1.53. The molecule has 0 bridgehead atoms. The molecule has 0 aliphatic carbocycles. The van der Waals surface area contributed by atoms with Gasteiger partial charge in [-0.15, -0.1) is 0 Å². The third-order valence-corrected chi connectivity index (χ3v) is 4.23. The summed E-state index contributed by atoms with van der Waals surface area (Å²) in [5.74, 6) is 0.0695. The monoisotopic (exact) mass is 314 g/mol. The van der Waals surface area contributed by atoms with E-state index in [4.69, 9.17) is 11.6 Å². The van der Waals surface area contributed by atoms with Gasteiger partial charge in [-0.25, -0.2) is 8.42 Å². The summed E-state index contributed by atoms with van der Waals surface area (Å²) in [5, 5.41) is 9.18. The molecule has 2 aromatic rings. The lowest BCUT2D eigenvalue weighted by atomic mass is 10.2. The van der Waals surface area contributed by atoms with Crippen molar-refractivity contribution in [2.45, 2.75) is 11.8 Å². The van der Waals surface area contributed by atoms with Crippen LogP contribution < -0.4 is 10.3 Å². The molecule has 106 valence electrons. The summed E-state index contributed by atoms with van der Waals surface area (Å²) in [6, 6.07) is 5.36. The zero-order valence-electron chi connectivity index (χ0n) is 10.3. The topological polar surface area (TPSA) is 99.3 Å². The van der Waals surface area contributed by atoms with Gasteiger partial charge < -0.3 is 10.1 Å². The highest BCUT2D eigenvalue weighted by Gasteiger charge is 2.16. The SMILES string of the molecule is Cc1cc(NS(=O)(=O)c2c[nH]c(=O)c(Cl)c2)ccc1O. The van der Waals surface area contributed by atoms with Crippen LogP contribution in [0.2, 0.25) is 5.02 Å². The van der Waals surface area contributed by atoms with Gasteiger partial charge in [-0.05, 0) is 36.8 Å². The van der Waals surface area contributed by atoms with Crippen molar-refractivity contribution in [2.24, 2.45) is 0 Å². The number of hydrogen-bond acceptors (Lipinski definition) is 4. The summed E-state index contributed by atoms with van der Waals surface area (Å²) in [4.78, 5) is 13.2. The fraction of sp³-hybridized carbons (Fsp3) is 0.0833. The van der Waals surface area contributed by atoms with E-state index < -0.39 is 15.6 Å². The molecule has 1 heterocycles. The van der Waals surface area contributed by atoms with Gasteiger partial charge in [-0.1, -0.05) is 11.6 Å². The number of aromatic amines is 1. The van der Waals surface area contributed by atoms with Crippen molar-refractivity contribution in [3.8, 4) is 5.75 Å². The van der Waals surface area contributed by atoms with Crippen LogP contribution in [0.25, 0.3) is 0 Å². The number of anilines is 1. The Hall–Kier alpha value is -1.99. The molecule has 0 amide bonds. The second kappa shape index (κ2) is 5.18. The molecule has 1 aromatic heterocycles. The summed E-state index contributed by atoms with van der Waals surface area (Å²) in [7, 11) is -3.87. The summed E-state index contributed by atoms with van der Waals surface area (Å²) in [6.07, 6.45) is 1.06. The van der Waals surface area contributed by atoms with Gasteiger partial charge in [-0.3, -0.25) is 9.52 Å². The van der Waals surface area contributed by atoms with Crippen molar-refractivity contribution >= 4 is 27.3 Å². The lowest BCUT2D eigenvalue weighted by molar-refractivity contribution is 0.471. The van der Waals surface area contributed by atoms with Gasteiger partial charge in [-0.2, -0.15) is 0 Å². The highest BCUT2D eigenvalue weighted by Crippen LogP contribution is 2.22. The van der Waals surface area contributed by atoms with Gasteiger partial charge >= 0.3 is 0 Å². The van der Waals surface area contributed by atoms with Crippen LogP contribution in [0.4, 0.5) is 5.69 Å². The van der Waals surface area contributed by atoms with Crippen LogP contribution in [0.3, 0.4) is 0 Å². The van der Waals surface area contributed by atoms with Crippen LogP contribution in [-0.4, -0.2) is 18.5 Å². The zero-order valence-corrected chi connectivity index (χ0v) is 11.9. The summed E-state index contributed by atoms with van der Waals surface area (Å²) in [6.45, 7) is 1.64. The molecule has 1 aromatic carbocycles. The summed E-state index contributed by atoms with van der Waals surface area (Å²) in [5.41, 5.74) is 0.262. The minimum atomic E-state index is -3.87. The van der Waals surface area contributed by atoms with Crippen molar-refractivity contribution in [1.29, 1.82) is 0 Å². The van der Waals surface area contributed by atoms with E-state index in [1.165, 1.54) is 18.2 Å². The highest BCUT2D eigenvalue weighted by atomic mass is 35.5. The average Bonchev–Trinajstić information content (AvgIpc) is 2.37. The number of H-pyrrole nitrogens is 1. The number of rotatable bonds is 3. The summed E-state index contributed by atoms with van der Waals surface area (Å²) < 4.78 is 26.5. The number of nitrogens with one attached hydrogen (secondary N) is 2. The molecule has 8 heteroatoms. The van der Waals surface area contributed by atoms with Gasteiger partial charge in [0.25, 0.3) is 15.6 Å². The van der Waals surface area contributed by atoms with E-state index in [1.807, 2.05) is 0 Å². The van der Waals surface area contributed by atoms with Crippen molar-refractivity contribution in [2.75, 3.05) is 4.72 Å². The zero-order chi connectivity index (χ0) is 14.9. The van der Waals surface area contributed by atoms with E-state index in [2.05, 4.69) is 9.71 Å². The van der Waals surface area contributed by atoms with Crippen LogP contribution in [0.1, 0.15) is 5.56 Å². The van der Waals surface area contributed by atoms with Crippen molar-refractivity contribution in [3.63, 3.8) is 0 Å². The number of sulfonamides is 1. The summed E-state index contributed by atoms with van der Waals surface area (Å²) >= 11 is 5.60. The lowest BCUT2D eigenvalue weighted by Gasteiger charge is -2.09. The number of benzene rings is 1. The molecule has 2 rings (SSSR count). The molecule has 20 heavy (non-hydrogen) atoms. The maximum atomic E-state index is 12.1. The number of aromatic nitrogens is 1. The highest BCUT2D eigenvalue weighted by molar-refractivity contribution is 7.92. The third kappa shape index (κ3) is 2.94. The van der Waals surface area contributed by atoms with E-state index >= 15 is 0 Å². The molecule has 0 saturated carbocycles. The molecule has 0 spiro atoms. The first-order chi connectivity index (χ1) is 9.29. The fourth-order valence-corrected chi connectivity index (χ4v) is 2.80. The first-order valence-electron chi connectivity index (χ1n) is 5.50. The van der Waals surface area contributed by atoms with Crippen LogP contribution in [0, 0.1) is 6.92 Å². The number of halogens is 1. The Labute approximate surface area is 120 Å². The second-order valence-electron chi connectivity index (χ2n) is 4.12. The number of aryl methyl sites for hydroxylation is 1. The quantitative estimate of drug-likeness (QED) is 0.753. The van der Waals surface area contributed by atoms with Gasteiger partial charge in [0.2, 0.25) is 0 Å². The van der Waals surface area contributed by atoms with E-state index in [-0.39, 0.29) is 15.7 Å². The van der Waals surface area contributed by atoms with Crippen molar-refractivity contribution in [1.82, 2.24) is 4.98 Å². The standard InChI is InChI=1S/C12H11ClN2O4S/c1-7-4-8(2-3-11(7)16)15-20(18,19)9-5-10(13)12(17)14-6-9/h2-6,15-16H,1H3,(H,14,17). The Bertz CT molecular complexity index is 814. The van der Waals surface area contributed by atoms with Crippen molar-refractivity contribution < 1.29 is 13.5 Å². The molecule has 0 fully saturated rings. The molecular formula is C12H11ClN2O4S. The smallest absolute Gasteiger partial charge is 0.266 e. The van der Waals surface area contributed by atoms with E-state index in [0.717, 1.165) is 12.3 Å². The van der Waals surface area contributed by atoms with Crippen LogP contribution >= 0.6 is 11.6 Å². The molecule has 0 unspecified atom stereocenters. The Balaban J connectivity index is 2.37. The normalized spacial score (nSPS) is 11.3. The van der Waals surface area contributed by atoms with E-state index in [0.29, 0.717) is 11.3 Å². The first-order valence-corrected chi connectivity index (χ1v) is 7.36. The number of phenolic OH excluding ortho intramolecular Hbond substituents is 1. The van der Waals surface area contributed by atoms with Crippen molar-refractivity contribution in [3.05, 3.63) is 51.4 Å². The van der Waals surface area contributed by atoms with Gasteiger partial charge in [0.15, 0.2) is 0 Å². The maximum absolute atomic E-state index is 12.1. The van der Waals surface area contributed by atoms with Gasteiger partial charge in [0.05, 0.1) is 0 Å². The molecule has 0 saturated heterocycles. The van der Waals surface area contributed by atoms with Crippen LogP contribution in [-0.2, 0) is 10.0 Å². The first kappa shape index (κ1) is 14.4. The minimum Gasteiger partial charge on any atom is -0.508 e. The van der Waals surface area contributed by atoms with Crippen LogP contribution in [0.15, 0.2) is 40.2 Å². The van der Waals surface area contributed by atoms with E-state index in [1.54, 1.807) is 6.92 Å². The Morgan fingerprint density at radius 3 is 2.60 bits per heavy atom.